The van der Waals surface area contributed by atoms with Crippen LogP contribution >= 0.6 is 0 Å². The number of benzene rings is 2. The molecule has 20 heavy (non-hydrogen) atoms. The summed E-state index contributed by atoms with van der Waals surface area (Å²) in [6.45, 7) is 0. The van der Waals surface area contributed by atoms with E-state index in [0.29, 0.717) is 28.4 Å². The number of amides is 1. The number of rotatable bonds is 4. The van der Waals surface area contributed by atoms with Crippen LogP contribution in [0.3, 0.4) is 0 Å². The fourth-order valence-electron chi connectivity index (χ4n) is 1.83. The molecule has 0 heterocycles. The number of carbonyl (C=O) groups is 1. The highest BCUT2D eigenvalue weighted by Gasteiger charge is 2.13. The molecule has 0 saturated heterocycles. The van der Waals surface area contributed by atoms with Gasteiger partial charge >= 0.3 is 0 Å². The third kappa shape index (κ3) is 2.83. The number of nitrogens with one attached hydrogen (secondary N) is 1. The molecule has 0 unspecified atom stereocenters. The maximum absolute atomic E-state index is 12.3. The van der Waals surface area contributed by atoms with E-state index in [0.717, 1.165) is 0 Å². The normalized spacial score (nSPS) is 9.90. The highest BCUT2D eigenvalue weighted by Crippen LogP contribution is 2.28. The van der Waals surface area contributed by atoms with Crippen molar-refractivity contribution in [2.45, 2.75) is 0 Å². The average Bonchev–Trinajstić information content (AvgIpc) is 2.48. The second-order valence-corrected chi connectivity index (χ2v) is 4.11. The fraction of sp³-hybridized carbons (Fsp3) is 0.133. The van der Waals surface area contributed by atoms with Gasteiger partial charge < -0.3 is 20.5 Å². The van der Waals surface area contributed by atoms with E-state index in [9.17, 15) is 4.79 Å². The summed E-state index contributed by atoms with van der Waals surface area (Å²) in [5, 5.41) is 2.78. The molecule has 0 saturated carbocycles. The van der Waals surface area contributed by atoms with Gasteiger partial charge in [0, 0.05) is 11.8 Å². The molecule has 3 N–H and O–H groups in total. The quantitative estimate of drug-likeness (QED) is 0.839. The van der Waals surface area contributed by atoms with E-state index in [1.165, 1.54) is 14.2 Å². The highest BCUT2D eigenvalue weighted by atomic mass is 16.5. The zero-order chi connectivity index (χ0) is 14.5. The van der Waals surface area contributed by atoms with Crippen molar-refractivity contribution in [2.24, 2.45) is 0 Å². The molecule has 0 aliphatic heterocycles. The largest absolute Gasteiger partial charge is 0.496 e. The van der Waals surface area contributed by atoms with Gasteiger partial charge in [-0.1, -0.05) is 12.1 Å². The zero-order valence-electron chi connectivity index (χ0n) is 11.3. The smallest absolute Gasteiger partial charge is 0.259 e. The first-order valence-corrected chi connectivity index (χ1v) is 6.03. The summed E-state index contributed by atoms with van der Waals surface area (Å²) in [7, 11) is 3.05. The number of para-hydroxylation sites is 1. The summed E-state index contributed by atoms with van der Waals surface area (Å²) >= 11 is 0. The number of carbonyl (C=O) groups excluding carboxylic acids is 1. The van der Waals surface area contributed by atoms with Crippen LogP contribution in [0.2, 0.25) is 0 Å². The minimum absolute atomic E-state index is 0.273. The summed E-state index contributed by atoms with van der Waals surface area (Å²) in [6, 6.07) is 12.0. The molecule has 2 aromatic carbocycles. The molecular formula is C15H16N2O3. The van der Waals surface area contributed by atoms with Crippen molar-refractivity contribution >= 4 is 17.3 Å². The van der Waals surface area contributed by atoms with Crippen LogP contribution in [0.25, 0.3) is 0 Å². The molecule has 5 nitrogen and oxygen atoms in total. The lowest BCUT2D eigenvalue weighted by atomic mass is 10.1. The topological polar surface area (TPSA) is 73.6 Å². The van der Waals surface area contributed by atoms with E-state index >= 15 is 0 Å². The summed E-state index contributed by atoms with van der Waals surface area (Å²) < 4.78 is 10.4. The Morgan fingerprint density at radius 2 is 1.75 bits per heavy atom. The Balaban J connectivity index is 2.28. The van der Waals surface area contributed by atoms with Crippen LogP contribution in [0.15, 0.2) is 42.5 Å². The van der Waals surface area contributed by atoms with Crippen LogP contribution in [0.4, 0.5) is 11.4 Å². The van der Waals surface area contributed by atoms with Gasteiger partial charge in [-0.05, 0) is 24.3 Å². The number of nitrogen functional groups attached to an aromatic ring is 1. The van der Waals surface area contributed by atoms with Gasteiger partial charge in [-0.15, -0.1) is 0 Å². The molecule has 0 aliphatic rings. The minimum Gasteiger partial charge on any atom is -0.496 e. The van der Waals surface area contributed by atoms with Gasteiger partial charge in [0.05, 0.1) is 25.5 Å². The van der Waals surface area contributed by atoms with Crippen LogP contribution in [-0.4, -0.2) is 20.1 Å². The third-order valence-electron chi connectivity index (χ3n) is 2.83. The molecule has 104 valence electrons. The maximum atomic E-state index is 12.3. The number of methoxy groups -OCH3 is 2. The summed E-state index contributed by atoms with van der Waals surface area (Å²) in [5.74, 6) is 0.748. The van der Waals surface area contributed by atoms with Gasteiger partial charge in [0.2, 0.25) is 0 Å². The van der Waals surface area contributed by atoms with Crippen LogP contribution in [-0.2, 0) is 0 Å². The van der Waals surface area contributed by atoms with Crippen LogP contribution in [0.5, 0.6) is 11.5 Å². The Morgan fingerprint density at radius 1 is 1.05 bits per heavy atom. The molecule has 0 fully saturated rings. The number of nitrogens with two attached hydrogens (primary N) is 1. The lowest BCUT2D eigenvalue weighted by Crippen LogP contribution is -2.13. The second-order valence-electron chi connectivity index (χ2n) is 4.11. The van der Waals surface area contributed by atoms with Gasteiger partial charge in [0.25, 0.3) is 5.91 Å². The lowest BCUT2D eigenvalue weighted by molar-refractivity contribution is 0.102. The summed E-state index contributed by atoms with van der Waals surface area (Å²) in [5.41, 5.74) is 7.25. The van der Waals surface area contributed by atoms with Crippen molar-refractivity contribution in [3.63, 3.8) is 0 Å². The molecule has 2 aromatic rings. The van der Waals surface area contributed by atoms with Crippen LogP contribution in [0.1, 0.15) is 10.4 Å². The Labute approximate surface area is 117 Å². The predicted octanol–water partition coefficient (Wildman–Crippen LogP) is 2.54. The SMILES string of the molecule is COc1cc(N)ccc1NC(=O)c1ccccc1OC. The van der Waals surface area contributed by atoms with E-state index in [4.69, 9.17) is 15.2 Å². The van der Waals surface area contributed by atoms with E-state index < -0.39 is 0 Å². The first-order chi connectivity index (χ1) is 9.65. The number of hydrogen-bond acceptors (Lipinski definition) is 4. The van der Waals surface area contributed by atoms with E-state index in [-0.39, 0.29) is 5.91 Å². The van der Waals surface area contributed by atoms with Gasteiger partial charge in [0.1, 0.15) is 11.5 Å². The Hall–Kier alpha value is -2.69. The lowest BCUT2D eigenvalue weighted by Gasteiger charge is -2.12. The molecular weight excluding hydrogens is 256 g/mol. The van der Waals surface area contributed by atoms with Gasteiger partial charge in [-0.3, -0.25) is 4.79 Å². The van der Waals surface area contributed by atoms with Gasteiger partial charge in [0.15, 0.2) is 0 Å². The van der Waals surface area contributed by atoms with Crippen molar-refractivity contribution in [1.29, 1.82) is 0 Å². The average molecular weight is 272 g/mol. The number of ether oxygens (including phenoxy) is 2. The number of anilines is 2. The number of hydrogen-bond donors (Lipinski definition) is 2. The first kappa shape index (κ1) is 13.7. The molecule has 1 amide bonds. The second kappa shape index (κ2) is 5.97. The predicted molar refractivity (Wildman–Crippen MR) is 78.4 cm³/mol. The van der Waals surface area contributed by atoms with E-state index in [1.54, 1.807) is 42.5 Å². The minimum atomic E-state index is -0.273. The van der Waals surface area contributed by atoms with E-state index in [1.807, 2.05) is 0 Å². The Morgan fingerprint density at radius 3 is 2.45 bits per heavy atom. The monoisotopic (exact) mass is 272 g/mol. The zero-order valence-corrected chi connectivity index (χ0v) is 11.3. The van der Waals surface area contributed by atoms with Crippen molar-refractivity contribution in [3.8, 4) is 11.5 Å². The maximum Gasteiger partial charge on any atom is 0.259 e. The van der Waals surface area contributed by atoms with Gasteiger partial charge in [-0.25, -0.2) is 0 Å². The summed E-state index contributed by atoms with van der Waals surface area (Å²) in [4.78, 5) is 12.3. The Bertz CT molecular complexity index is 626. The summed E-state index contributed by atoms with van der Waals surface area (Å²) in [6.07, 6.45) is 0. The molecule has 5 heteroatoms. The van der Waals surface area contributed by atoms with Gasteiger partial charge in [-0.2, -0.15) is 0 Å². The fourth-order valence-corrected chi connectivity index (χ4v) is 1.83. The van der Waals surface area contributed by atoms with Crippen LogP contribution < -0.4 is 20.5 Å². The molecule has 0 bridgehead atoms. The third-order valence-corrected chi connectivity index (χ3v) is 2.83. The molecule has 0 radical (unpaired) electrons. The van der Waals surface area contributed by atoms with Crippen LogP contribution in [0, 0.1) is 0 Å². The molecule has 0 spiro atoms. The van der Waals surface area contributed by atoms with Crippen molar-refractivity contribution in [1.82, 2.24) is 0 Å². The van der Waals surface area contributed by atoms with Crippen molar-refractivity contribution < 1.29 is 14.3 Å². The molecule has 0 aromatic heterocycles. The Kier molecular flexibility index (Phi) is 4.10. The first-order valence-electron chi connectivity index (χ1n) is 6.03. The highest BCUT2D eigenvalue weighted by molar-refractivity contribution is 6.07. The molecule has 2 rings (SSSR count). The van der Waals surface area contributed by atoms with Crippen molar-refractivity contribution in [2.75, 3.05) is 25.3 Å². The van der Waals surface area contributed by atoms with E-state index in [2.05, 4.69) is 5.32 Å². The molecule has 0 atom stereocenters. The molecule has 0 aliphatic carbocycles. The standard InChI is InChI=1S/C15H16N2O3/c1-19-13-6-4-3-5-11(13)15(18)17-12-8-7-10(16)9-14(12)20-2/h3-9H,16H2,1-2H3,(H,17,18). The van der Waals surface area contributed by atoms with Crippen molar-refractivity contribution in [3.05, 3.63) is 48.0 Å².